The van der Waals surface area contributed by atoms with Gasteiger partial charge in [0.25, 0.3) is 0 Å². The molecule has 2 N–H and O–H groups in total. The van der Waals surface area contributed by atoms with Gasteiger partial charge in [0, 0.05) is 12.1 Å². The second-order valence-electron chi connectivity index (χ2n) is 9.56. The number of phenolic OH excluding ortho intramolecular Hbond substituents is 1. The number of carbonyl (C=O) groups excluding carboxylic acids is 1. The first-order valence-corrected chi connectivity index (χ1v) is 13.8. The predicted octanol–water partition coefficient (Wildman–Crippen LogP) is 9.54. The quantitative estimate of drug-likeness (QED) is 0.138. The highest BCUT2D eigenvalue weighted by Gasteiger charge is 2.02. The molecule has 0 heterocycles. The predicted molar refractivity (Wildman–Crippen MR) is 139 cm³/mol. The van der Waals surface area contributed by atoms with Crippen LogP contribution < -0.4 is 5.32 Å². The standard InChI is InChI=1S/C29H51NO2/c1-2-3-4-5-6-7-8-9-10-11-12-13-14-15-16-17-18-19-20-21-22-29(32)30-27-23-25-28(31)26-24-27/h23-26,31H,2-22H2,1H3,(H,30,32). The van der Waals surface area contributed by atoms with Crippen molar-refractivity contribution in [2.24, 2.45) is 0 Å². The fourth-order valence-corrected chi connectivity index (χ4v) is 4.31. The number of phenols is 1. The summed E-state index contributed by atoms with van der Waals surface area (Å²) in [6, 6.07) is 6.64. The summed E-state index contributed by atoms with van der Waals surface area (Å²) in [6.45, 7) is 2.29. The number of hydrogen-bond acceptors (Lipinski definition) is 2. The van der Waals surface area contributed by atoms with E-state index >= 15 is 0 Å². The third-order valence-corrected chi connectivity index (χ3v) is 6.41. The Bertz CT molecular complexity index is 541. The zero-order chi connectivity index (χ0) is 23.1. The molecule has 1 rings (SSSR count). The van der Waals surface area contributed by atoms with Crippen molar-refractivity contribution in [2.45, 2.75) is 142 Å². The molecule has 0 atom stereocenters. The van der Waals surface area contributed by atoms with Gasteiger partial charge in [0.1, 0.15) is 5.75 Å². The van der Waals surface area contributed by atoms with Gasteiger partial charge in [-0.25, -0.2) is 0 Å². The number of rotatable bonds is 22. The van der Waals surface area contributed by atoms with Gasteiger partial charge in [-0.3, -0.25) is 4.79 Å². The smallest absolute Gasteiger partial charge is 0.224 e. The van der Waals surface area contributed by atoms with Gasteiger partial charge in [-0.15, -0.1) is 0 Å². The highest BCUT2D eigenvalue weighted by Crippen LogP contribution is 2.16. The number of unbranched alkanes of at least 4 members (excludes halogenated alkanes) is 19. The van der Waals surface area contributed by atoms with Crippen LogP contribution in [0.25, 0.3) is 0 Å². The van der Waals surface area contributed by atoms with E-state index in [0.29, 0.717) is 6.42 Å². The summed E-state index contributed by atoms with van der Waals surface area (Å²) in [5.41, 5.74) is 0.751. The van der Waals surface area contributed by atoms with Gasteiger partial charge in [-0.2, -0.15) is 0 Å². The van der Waals surface area contributed by atoms with Crippen molar-refractivity contribution in [1.82, 2.24) is 0 Å². The van der Waals surface area contributed by atoms with Gasteiger partial charge in [-0.05, 0) is 30.7 Å². The largest absolute Gasteiger partial charge is 0.508 e. The number of amides is 1. The third kappa shape index (κ3) is 18.1. The maximum atomic E-state index is 11.9. The summed E-state index contributed by atoms with van der Waals surface area (Å²) >= 11 is 0. The molecule has 1 amide bonds. The lowest BCUT2D eigenvalue weighted by molar-refractivity contribution is -0.116. The average Bonchev–Trinajstić information content (AvgIpc) is 2.79. The molecule has 0 aliphatic heterocycles. The lowest BCUT2D eigenvalue weighted by atomic mass is 10.0. The molecular weight excluding hydrogens is 394 g/mol. The van der Waals surface area contributed by atoms with Crippen LogP contribution >= 0.6 is 0 Å². The molecule has 184 valence electrons. The van der Waals surface area contributed by atoms with Crippen LogP contribution in [0.1, 0.15) is 142 Å². The average molecular weight is 446 g/mol. The first-order chi connectivity index (χ1) is 15.7. The second kappa shape index (κ2) is 21.3. The van der Waals surface area contributed by atoms with Gasteiger partial charge in [0.15, 0.2) is 0 Å². The Labute approximate surface area is 198 Å². The molecule has 0 radical (unpaired) electrons. The lowest BCUT2D eigenvalue weighted by Gasteiger charge is -2.06. The Balaban J connectivity index is 1.74. The molecule has 0 unspecified atom stereocenters. The number of anilines is 1. The van der Waals surface area contributed by atoms with Crippen molar-refractivity contribution in [1.29, 1.82) is 0 Å². The summed E-state index contributed by atoms with van der Waals surface area (Å²) in [7, 11) is 0. The topological polar surface area (TPSA) is 49.3 Å². The molecule has 0 aromatic heterocycles. The van der Waals surface area contributed by atoms with Gasteiger partial charge in [0.05, 0.1) is 0 Å². The summed E-state index contributed by atoms with van der Waals surface area (Å²) in [5, 5.41) is 12.1. The van der Waals surface area contributed by atoms with E-state index in [1.807, 2.05) is 0 Å². The monoisotopic (exact) mass is 445 g/mol. The third-order valence-electron chi connectivity index (χ3n) is 6.41. The Hall–Kier alpha value is -1.51. The molecular formula is C29H51NO2. The van der Waals surface area contributed by atoms with E-state index in [0.717, 1.165) is 18.5 Å². The number of nitrogens with one attached hydrogen (secondary N) is 1. The van der Waals surface area contributed by atoms with Crippen LogP contribution in [0.4, 0.5) is 5.69 Å². The molecule has 0 bridgehead atoms. The molecule has 3 heteroatoms. The highest BCUT2D eigenvalue weighted by atomic mass is 16.3. The van der Waals surface area contributed by atoms with Crippen LogP contribution in [0.3, 0.4) is 0 Å². The van der Waals surface area contributed by atoms with E-state index in [4.69, 9.17) is 0 Å². The molecule has 0 aliphatic carbocycles. The van der Waals surface area contributed by atoms with Crippen molar-refractivity contribution in [3.63, 3.8) is 0 Å². The van der Waals surface area contributed by atoms with Crippen LogP contribution in [-0.4, -0.2) is 11.0 Å². The normalized spacial score (nSPS) is 11.0. The van der Waals surface area contributed by atoms with Crippen LogP contribution in [0.2, 0.25) is 0 Å². The van der Waals surface area contributed by atoms with E-state index in [1.54, 1.807) is 24.3 Å². The zero-order valence-electron chi connectivity index (χ0n) is 21.0. The van der Waals surface area contributed by atoms with Gasteiger partial charge in [0.2, 0.25) is 5.91 Å². The minimum Gasteiger partial charge on any atom is -0.508 e. The molecule has 0 saturated carbocycles. The van der Waals surface area contributed by atoms with Crippen molar-refractivity contribution < 1.29 is 9.90 Å². The second-order valence-corrected chi connectivity index (χ2v) is 9.56. The summed E-state index contributed by atoms with van der Waals surface area (Å²) in [5.74, 6) is 0.287. The first-order valence-electron chi connectivity index (χ1n) is 13.8. The zero-order valence-corrected chi connectivity index (χ0v) is 21.0. The minimum absolute atomic E-state index is 0.0677. The van der Waals surface area contributed by atoms with E-state index < -0.39 is 0 Å². The fourth-order valence-electron chi connectivity index (χ4n) is 4.31. The molecule has 0 fully saturated rings. The van der Waals surface area contributed by atoms with Crippen molar-refractivity contribution in [3.05, 3.63) is 24.3 Å². The maximum Gasteiger partial charge on any atom is 0.224 e. The summed E-state index contributed by atoms with van der Waals surface area (Å²) in [6.07, 6.45) is 28.0. The van der Waals surface area contributed by atoms with Crippen LogP contribution in [0, 0.1) is 0 Å². The number of hydrogen-bond donors (Lipinski definition) is 2. The lowest BCUT2D eigenvalue weighted by Crippen LogP contribution is -2.10. The molecule has 3 nitrogen and oxygen atoms in total. The first kappa shape index (κ1) is 28.5. The molecule has 0 aliphatic rings. The van der Waals surface area contributed by atoms with E-state index in [9.17, 15) is 9.90 Å². The molecule has 0 saturated heterocycles. The fraction of sp³-hybridized carbons (Fsp3) is 0.759. The van der Waals surface area contributed by atoms with Crippen molar-refractivity contribution in [3.8, 4) is 5.75 Å². The van der Waals surface area contributed by atoms with Gasteiger partial charge in [-0.1, -0.05) is 129 Å². The number of carbonyl (C=O) groups is 1. The minimum atomic E-state index is 0.0677. The van der Waals surface area contributed by atoms with E-state index in [-0.39, 0.29) is 11.7 Å². The molecule has 0 spiro atoms. The van der Waals surface area contributed by atoms with Crippen molar-refractivity contribution >= 4 is 11.6 Å². The van der Waals surface area contributed by atoms with E-state index in [2.05, 4.69) is 12.2 Å². The summed E-state index contributed by atoms with van der Waals surface area (Å²) < 4.78 is 0. The van der Waals surface area contributed by atoms with Crippen LogP contribution in [0.5, 0.6) is 5.75 Å². The van der Waals surface area contributed by atoms with Crippen LogP contribution in [0.15, 0.2) is 24.3 Å². The molecule has 1 aromatic carbocycles. The number of benzene rings is 1. The molecule has 32 heavy (non-hydrogen) atoms. The molecule has 1 aromatic rings. The van der Waals surface area contributed by atoms with Gasteiger partial charge >= 0.3 is 0 Å². The number of aromatic hydroxyl groups is 1. The maximum absolute atomic E-state index is 11.9. The SMILES string of the molecule is CCCCCCCCCCCCCCCCCCCCCCC(=O)Nc1ccc(O)cc1. The van der Waals surface area contributed by atoms with Crippen molar-refractivity contribution in [2.75, 3.05) is 5.32 Å². The summed E-state index contributed by atoms with van der Waals surface area (Å²) in [4.78, 5) is 11.9. The van der Waals surface area contributed by atoms with Crippen LogP contribution in [-0.2, 0) is 4.79 Å². The Morgan fingerprint density at radius 1 is 0.594 bits per heavy atom. The van der Waals surface area contributed by atoms with Gasteiger partial charge < -0.3 is 10.4 Å². The Kier molecular flexibility index (Phi) is 19.0. The Morgan fingerprint density at radius 3 is 1.31 bits per heavy atom. The Morgan fingerprint density at radius 2 is 0.938 bits per heavy atom. The highest BCUT2D eigenvalue weighted by molar-refractivity contribution is 5.90. The van der Waals surface area contributed by atoms with E-state index in [1.165, 1.54) is 116 Å².